The quantitative estimate of drug-likeness (QED) is 0.209. The van der Waals surface area contributed by atoms with Gasteiger partial charge in [0.05, 0.1) is 31.9 Å². The maximum Gasteiger partial charge on any atom is 0.340 e. The highest BCUT2D eigenvalue weighted by atomic mass is 19.1. The zero-order chi connectivity index (χ0) is 24.1. The number of aromatic nitrogens is 2. The molecule has 0 bridgehead atoms. The minimum absolute atomic E-state index is 0.334. The Hall–Kier alpha value is -4.11. The van der Waals surface area contributed by atoms with Crippen LogP contribution in [0.5, 0.6) is 5.75 Å². The van der Waals surface area contributed by atoms with Crippen LogP contribution in [0.25, 0.3) is 34.1 Å². The molecule has 2 aromatic carbocycles. The van der Waals surface area contributed by atoms with E-state index >= 15 is 0 Å². The number of carbonyl (C=O) groups is 1. The number of nitrogens with zero attached hydrogens (tertiary/aromatic N) is 2. The van der Waals surface area contributed by atoms with Gasteiger partial charge in [-0.1, -0.05) is 12.1 Å². The van der Waals surface area contributed by atoms with E-state index in [9.17, 15) is 9.18 Å². The number of hydrogen-bond donors (Lipinski definition) is 1. The van der Waals surface area contributed by atoms with E-state index in [0.717, 1.165) is 6.42 Å². The molecule has 34 heavy (non-hydrogen) atoms. The van der Waals surface area contributed by atoms with Gasteiger partial charge in [-0.05, 0) is 42.8 Å². The Morgan fingerprint density at radius 2 is 1.97 bits per heavy atom. The van der Waals surface area contributed by atoms with Crippen molar-refractivity contribution in [3.63, 3.8) is 0 Å². The standard InChI is InChI=1S/C25H24FN3O5/c1-4-11-33-27-22(24-13-21(28-34-24)16-5-7-17(26)8-6-16)15-29-14-20(25(30)32-3)19-10-9-18(31-2)12-23(19)29/h5-10,12-15,27H,4,11H2,1-3H3. The average molecular weight is 465 g/mol. The number of rotatable bonds is 9. The molecular weight excluding hydrogens is 441 g/mol. The van der Waals surface area contributed by atoms with Gasteiger partial charge in [0, 0.05) is 35.5 Å². The Kier molecular flexibility index (Phi) is 6.93. The molecule has 8 nitrogen and oxygen atoms in total. The molecule has 0 aliphatic rings. The summed E-state index contributed by atoms with van der Waals surface area (Å²) in [4.78, 5) is 17.9. The van der Waals surface area contributed by atoms with Gasteiger partial charge in [0.15, 0.2) is 5.76 Å². The van der Waals surface area contributed by atoms with Crippen LogP contribution in [-0.4, -0.2) is 36.5 Å². The average Bonchev–Trinajstić information content (AvgIpc) is 3.49. The van der Waals surface area contributed by atoms with Crippen molar-refractivity contribution >= 4 is 28.8 Å². The molecule has 0 unspecified atom stereocenters. The van der Waals surface area contributed by atoms with Crippen molar-refractivity contribution in [2.24, 2.45) is 0 Å². The van der Waals surface area contributed by atoms with E-state index in [1.807, 2.05) is 13.0 Å². The maximum absolute atomic E-state index is 13.3. The van der Waals surface area contributed by atoms with Gasteiger partial charge >= 0.3 is 5.97 Å². The number of methoxy groups -OCH3 is 2. The van der Waals surface area contributed by atoms with E-state index in [1.165, 1.54) is 19.2 Å². The summed E-state index contributed by atoms with van der Waals surface area (Å²) in [6, 6.07) is 13.1. The number of esters is 1. The summed E-state index contributed by atoms with van der Waals surface area (Å²) in [5.74, 6) is 0.225. The fourth-order valence-electron chi connectivity index (χ4n) is 3.41. The molecule has 0 amide bonds. The number of carbonyl (C=O) groups excluding carboxylic acids is 1. The van der Waals surface area contributed by atoms with Crippen LogP contribution in [0.15, 0.2) is 59.3 Å². The molecule has 9 heteroatoms. The summed E-state index contributed by atoms with van der Waals surface area (Å²) in [5.41, 5.74) is 5.72. The van der Waals surface area contributed by atoms with Crippen LogP contribution in [0.4, 0.5) is 4.39 Å². The molecule has 0 aliphatic heterocycles. The largest absolute Gasteiger partial charge is 0.497 e. The Morgan fingerprint density at radius 3 is 2.68 bits per heavy atom. The van der Waals surface area contributed by atoms with Crippen molar-refractivity contribution in [2.75, 3.05) is 20.8 Å². The highest BCUT2D eigenvalue weighted by Gasteiger charge is 2.18. The predicted molar refractivity (Wildman–Crippen MR) is 125 cm³/mol. The summed E-state index contributed by atoms with van der Waals surface area (Å²) >= 11 is 0. The van der Waals surface area contributed by atoms with E-state index in [0.29, 0.717) is 51.5 Å². The van der Waals surface area contributed by atoms with Gasteiger partial charge in [0.1, 0.15) is 23.0 Å². The number of ether oxygens (including phenoxy) is 2. The Morgan fingerprint density at radius 1 is 1.18 bits per heavy atom. The van der Waals surface area contributed by atoms with Crippen LogP contribution in [-0.2, 0) is 9.57 Å². The lowest BCUT2D eigenvalue weighted by Gasteiger charge is -2.09. The van der Waals surface area contributed by atoms with E-state index in [-0.39, 0.29) is 5.82 Å². The molecule has 1 N–H and O–H groups in total. The van der Waals surface area contributed by atoms with Gasteiger partial charge in [-0.3, -0.25) is 10.3 Å². The fraction of sp³-hybridized carbons (Fsp3) is 0.200. The van der Waals surface area contributed by atoms with Crippen molar-refractivity contribution < 1.29 is 28.0 Å². The highest BCUT2D eigenvalue weighted by molar-refractivity contribution is 6.05. The van der Waals surface area contributed by atoms with E-state index < -0.39 is 5.97 Å². The molecule has 4 aromatic rings. The third kappa shape index (κ3) is 4.79. The second-order valence-corrected chi connectivity index (χ2v) is 7.40. The van der Waals surface area contributed by atoms with Crippen LogP contribution in [0, 0.1) is 5.82 Å². The van der Waals surface area contributed by atoms with E-state index in [1.54, 1.807) is 54.4 Å². The van der Waals surface area contributed by atoms with Gasteiger partial charge in [0.2, 0.25) is 0 Å². The molecular formula is C25H24FN3O5. The summed E-state index contributed by atoms with van der Waals surface area (Å²) in [7, 11) is 2.91. The first-order chi connectivity index (χ1) is 16.5. The minimum atomic E-state index is -0.461. The molecule has 2 aromatic heterocycles. The lowest BCUT2D eigenvalue weighted by Crippen LogP contribution is -2.14. The third-order valence-corrected chi connectivity index (χ3v) is 5.12. The van der Waals surface area contributed by atoms with E-state index in [4.69, 9.17) is 18.8 Å². The molecule has 0 saturated carbocycles. The first kappa shape index (κ1) is 23.1. The molecule has 176 valence electrons. The van der Waals surface area contributed by atoms with Crippen LogP contribution < -0.4 is 10.2 Å². The molecule has 0 saturated heterocycles. The summed E-state index contributed by atoms with van der Waals surface area (Å²) in [5, 5.41) is 4.80. The van der Waals surface area contributed by atoms with Gasteiger partial charge in [-0.15, -0.1) is 0 Å². The minimum Gasteiger partial charge on any atom is -0.497 e. The van der Waals surface area contributed by atoms with Crippen molar-refractivity contribution in [2.45, 2.75) is 13.3 Å². The number of halogens is 1. The van der Waals surface area contributed by atoms with Crippen molar-refractivity contribution in [3.8, 4) is 17.0 Å². The van der Waals surface area contributed by atoms with Crippen LogP contribution in [0.3, 0.4) is 0 Å². The monoisotopic (exact) mass is 465 g/mol. The molecule has 0 aliphatic carbocycles. The summed E-state index contributed by atoms with van der Waals surface area (Å²) in [6.45, 7) is 2.45. The maximum atomic E-state index is 13.3. The van der Waals surface area contributed by atoms with Gasteiger partial charge < -0.3 is 18.6 Å². The first-order valence-electron chi connectivity index (χ1n) is 10.6. The summed E-state index contributed by atoms with van der Waals surface area (Å²) < 4.78 is 30.9. The Labute approximate surface area is 195 Å². The second-order valence-electron chi connectivity index (χ2n) is 7.40. The Bertz CT molecular complexity index is 1320. The number of hydroxylamine groups is 1. The van der Waals surface area contributed by atoms with Crippen LogP contribution >= 0.6 is 0 Å². The fourth-order valence-corrected chi connectivity index (χ4v) is 3.41. The van der Waals surface area contributed by atoms with Crippen LogP contribution in [0.1, 0.15) is 29.5 Å². The van der Waals surface area contributed by atoms with E-state index in [2.05, 4.69) is 10.6 Å². The highest BCUT2D eigenvalue weighted by Crippen LogP contribution is 2.29. The lowest BCUT2D eigenvalue weighted by molar-refractivity contribution is 0.0603. The first-order valence-corrected chi connectivity index (χ1v) is 10.6. The van der Waals surface area contributed by atoms with Crippen LogP contribution in [0.2, 0.25) is 0 Å². The molecule has 0 radical (unpaired) electrons. The predicted octanol–water partition coefficient (Wildman–Crippen LogP) is 5.12. The summed E-state index contributed by atoms with van der Waals surface area (Å²) in [6.07, 6.45) is 4.18. The topological polar surface area (TPSA) is 87.8 Å². The number of hydrogen-bond acceptors (Lipinski definition) is 7. The molecule has 0 spiro atoms. The molecule has 2 heterocycles. The number of fused-ring (bicyclic) bond motifs is 1. The molecule has 0 fully saturated rings. The van der Waals surface area contributed by atoms with Gasteiger partial charge in [-0.25, -0.2) is 9.18 Å². The number of benzene rings is 2. The normalized spacial score (nSPS) is 11.6. The van der Waals surface area contributed by atoms with Crippen molar-refractivity contribution in [1.82, 2.24) is 15.2 Å². The lowest BCUT2D eigenvalue weighted by atomic mass is 10.1. The van der Waals surface area contributed by atoms with Crippen molar-refractivity contribution in [3.05, 3.63) is 71.9 Å². The zero-order valence-corrected chi connectivity index (χ0v) is 19.0. The zero-order valence-electron chi connectivity index (χ0n) is 19.0. The SMILES string of the molecule is CCCONC(=Cn1cc(C(=O)OC)c2ccc(OC)cc21)c1cc(-c2ccc(F)cc2)no1. The third-order valence-electron chi connectivity index (χ3n) is 5.12. The van der Waals surface area contributed by atoms with Gasteiger partial charge in [-0.2, -0.15) is 0 Å². The number of nitrogens with one attached hydrogen (secondary N) is 1. The molecule has 4 rings (SSSR count). The van der Waals surface area contributed by atoms with Gasteiger partial charge in [0.25, 0.3) is 0 Å². The van der Waals surface area contributed by atoms with Crippen molar-refractivity contribution in [1.29, 1.82) is 0 Å². The Balaban J connectivity index is 1.80. The second kappa shape index (κ2) is 10.2. The smallest absolute Gasteiger partial charge is 0.340 e. The molecule has 0 atom stereocenters.